The van der Waals surface area contributed by atoms with E-state index in [1.165, 1.54) is 0 Å². The lowest BCUT2D eigenvalue weighted by molar-refractivity contribution is 0.439. The number of nitrogens with zero attached hydrogens (tertiary/aromatic N) is 3. The third-order valence-electron chi connectivity index (χ3n) is 3.66. The minimum absolute atomic E-state index is 0.640. The SMILES string of the molecule is CNC1CCN(c2ncc3ccccc3n2)CC1. The molecule has 0 bridgehead atoms. The second-order valence-corrected chi connectivity index (χ2v) is 4.78. The number of para-hydroxylation sites is 1. The van der Waals surface area contributed by atoms with Crippen molar-refractivity contribution in [2.75, 3.05) is 25.0 Å². The van der Waals surface area contributed by atoms with Crippen LogP contribution in [0.2, 0.25) is 0 Å². The van der Waals surface area contributed by atoms with Crippen molar-refractivity contribution in [3.8, 4) is 0 Å². The van der Waals surface area contributed by atoms with E-state index < -0.39 is 0 Å². The summed E-state index contributed by atoms with van der Waals surface area (Å²) in [5.74, 6) is 0.864. The Morgan fingerprint density at radius 2 is 2.00 bits per heavy atom. The summed E-state index contributed by atoms with van der Waals surface area (Å²) >= 11 is 0. The number of fused-ring (bicyclic) bond motifs is 1. The Balaban J connectivity index is 1.82. The first-order valence-electron chi connectivity index (χ1n) is 6.51. The predicted octanol–water partition coefficient (Wildman–Crippen LogP) is 1.82. The highest BCUT2D eigenvalue weighted by molar-refractivity contribution is 5.78. The van der Waals surface area contributed by atoms with Crippen LogP contribution in [0.1, 0.15) is 12.8 Å². The molecule has 0 aliphatic carbocycles. The van der Waals surface area contributed by atoms with Gasteiger partial charge in [-0.25, -0.2) is 9.97 Å². The van der Waals surface area contributed by atoms with Crippen LogP contribution in [0.25, 0.3) is 10.9 Å². The first kappa shape index (κ1) is 11.4. The summed E-state index contributed by atoms with van der Waals surface area (Å²) in [6.07, 6.45) is 4.24. The summed E-state index contributed by atoms with van der Waals surface area (Å²) < 4.78 is 0. The van der Waals surface area contributed by atoms with Gasteiger partial charge in [-0.3, -0.25) is 0 Å². The van der Waals surface area contributed by atoms with E-state index >= 15 is 0 Å². The topological polar surface area (TPSA) is 41.0 Å². The van der Waals surface area contributed by atoms with Crippen LogP contribution in [-0.2, 0) is 0 Å². The maximum atomic E-state index is 4.64. The summed E-state index contributed by atoms with van der Waals surface area (Å²) in [5.41, 5.74) is 1.03. The molecule has 1 N–H and O–H groups in total. The van der Waals surface area contributed by atoms with E-state index in [0.29, 0.717) is 6.04 Å². The molecule has 1 saturated heterocycles. The molecule has 4 heteroatoms. The molecule has 0 spiro atoms. The van der Waals surface area contributed by atoms with Gasteiger partial charge < -0.3 is 10.2 Å². The van der Waals surface area contributed by atoms with Crippen molar-refractivity contribution >= 4 is 16.9 Å². The number of piperidine rings is 1. The maximum Gasteiger partial charge on any atom is 0.225 e. The van der Waals surface area contributed by atoms with E-state index in [2.05, 4.69) is 20.2 Å². The third-order valence-corrected chi connectivity index (χ3v) is 3.66. The van der Waals surface area contributed by atoms with Gasteiger partial charge in [0, 0.05) is 30.7 Å². The van der Waals surface area contributed by atoms with Crippen LogP contribution in [0.5, 0.6) is 0 Å². The highest BCUT2D eigenvalue weighted by atomic mass is 15.3. The summed E-state index contributed by atoms with van der Waals surface area (Å²) in [7, 11) is 2.03. The molecule has 4 nitrogen and oxygen atoms in total. The number of aromatic nitrogens is 2. The van der Waals surface area contributed by atoms with Crippen LogP contribution >= 0.6 is 0 Å². The molecule has 18 heavy (non-hydrogen) atoms. The molecule has 0 atom stereocenters. The number of rotatable bonds is 2. The molecular formula is C14H18N4. The van der Waals surface area contributed by atoms with Crippen LogP contribution in [0.15, 0.2) is 30.5 Å². The molecule has 2 aromatic rings. The Kier molecular flexibility index (Phi) is 3.11. The molecule has 94 valence electrons. The maximum absolute atomic E-state index is 4.64. The molecule has 1 aromatic heterocycles. The Hall–Kier alpha value is -1.68. The Bertz CT molecular complexity index is 532. The van der Waals surface area contributed by atoms with Crippen LogP contribution < -0.4 is 10.2 Å². The second-order valence-electron chi connectivity index (χ2n) is 4.78. The normalized spacial score (nSPS) is 17.3. The second kappa shape index (κ2) is 4.90. The molecular weight excluding hydrogens is 224 g/mol. The standard InChI is InChI=1S/C14H18N4/c1-15-12-6-8-18(9-7-12)14-16-10-11-4-2-3-5-13(11)17-14/h2-5,10,12,15H,6-9H2,1H3. The third kappa shape index (κ3) is 2.16. The van der Waals surface area contributed by atoms with Gasteiger partial charge in [0.25, 0.3) is 0 Å². The molecule has 1 fully saturated rings. The Morgan fingerprint density at radius 1 is 1.22 bits per heavy atom. The van der Waals surface area contributed by atoms with Crippen molar-refractivity contribution in [3.63, 3.8) is 0 Å². The highest BCUT2D eigenvalue weighted by Gasteiger charge is 2.19. The van der Waals surface area contributed by atoms with E-state index in [0.717, 1.165) is 42.8 Å². The monoisotopic (exact) mass is 242 g/mol. The molecule has 2 heterocycles. The van der Waals surface area contributed by atoms with Gasteiger partial charge in [0.15, 0.2) is 0 Å². The quantitative estimate of drug-likeness (QED) is 0.872. The average molecular weight is 242 g/mol. The van der Waals surface area contributed by atoms with Gasteiger partial charge in [0.05, 0.1) is 5.52 Å². The zero-order valence-electron chi connectivity index (χ0n) is 10.6. The van der Waals surface area contributed by atoms with Crippen molar-refractivity contribution in [2.45, 2.75) is 18.9 Å². The largest absolute Gasteiger partial charge is 0.341 e. The van der Waals surface area contributed by atoms with Crippen LogP contribution in [0.3, 0.4) is 0 Å². The van der Waals surface area contributed by atoms with Crippen LogP contribution in [0, 0.1) is 0 Å². The molecule has 1 aliphatic rings. The summed E-state index contributed by atoms with van der Waals surface area (Å²) in [5, 5.41) is 4.44. The smallest absolute Gasteiger partial charge is 0.225 e. The number of nitrogens with one attached hydrogen (secondary N) is 1. The number of hydrogen-bond donors (Lipinski definition) is 1. The number of hydrogen-bond acceptors (Lipinski definition) is 4. The van der Waals surface area contributed by atoms with Gasteiger partial charge in [-0.05, 0) is 26.0 Å². The van der Waals surface area contributed by atoms with Gasteiger partial charge in [0.1, 0.15) is 0 Å². The summed E-state index contributed by atoms with van der Waals surface area (Å²) in [4.78, 5) is 11.4. The first-order chi connectivity index (χ1) is 8.86. The van der Waals surface area contributed by atoms with Crippen molar-refractivity contribution in [2.24, 2.45) is 0 Å². The predicted molar refractivity (Wildman–Crippen MR) is 73.8 cm³/mol. The number of anilines is 1. The molecule has 3 rings (SSSR count). The lowest BCUT2D eigenvalue weighted by Crippen LogP contribution is -2.41. The van der Waals surface area contributed by atoms with Gasteiger partial charge in [-0.2, -0.15) is 0 Å². The highest BCUT2D eigenvalue weighted by Crippen LogP contribution is 2.18. The number of benzene rings is 1. The fraction of sp³-hybridized carbons (Fsp3) is 0.429. The van der Waals surface area contributed by atoms with E-state index in [-0.39, 0.29) is 0 Å². The first-order valence-corrected chi connectivity index (χ1v) is 6.51. The van der Waals surface area contributed by atoms with Crippen molar-refractivity contribution in [1.29, 1.82) is 0 Å². The fourth-order valence-electron chi connectivity index (χ4n) is 2.48. The molecule has 1 aliphatic heterocycles. The summed E-state index contributed by atoms with van der Waals surface area (Å²) in [6.45, 7) is 2.06. The Labute approximate surface area is 107 Å². The minimum Gasteiger partial charge on any atom is -0.341 e. The lowest BCUT2D eigenvalue weighted by Gasteiger charge is -2.31. The molecule has 0 amide bonds. The zero-order chi connectivity index (χ0) is 12.4. The van der Waals surface area contributed by atoms with E-state index in [9.17, 15) is 0 Å². The lowest BCUT2D eigenvalue weighted by atomic mass is 10.1. The molecule has 0 unspecified atom stereocenters. The van der Waals surface area contributed by atoms with Gasteiger partial charge in [0.2, 0.25) is 5.95 Å². The molecule has 0 radical (unpaired) electrons. The van der Waals surface area contributed by atoms with Crippen molar-refractivity contribution in [1.82, 2.24) is 15.3 Å². The Morgan fingerprint density at radius 3 is 2.78 bits per heavy atom. The van der Waals surface area contributed by atoms with Crippen LogP contribution in [0.4, 0.5) is 5.95 Å². The van der Waals surface area contributed by atoms with Gasteiger partial charge >= 0.3 is 0 Å². The van der Waals surface area contributed by atoms with Crippen molar-refractivity contribution in [3.05, 3.63) is 30.5 Å². The fourth-order valence-corrected chi connectivity index (χ4v) is 2.48. The molecule has 0 saturated carbocycles. The molecule has 1 aromatic carbocycles. The minimum atomic E-state index is 0.640. The van der Waals surface area contributed by atoms with Crippen molar-refractivity contribution < 1.29 is 0 Å². The zero-order valence-corrected chi connectivity index (χ0v) is 10.6. The van der Waals surface area contributed by atoms with Crippen LogP contribution in [-0.4, -0.2) is 36.1 Å². The average Bonchev–Trinajstić information content (AvgIpc) is 2.47. The van der Waals surface area contributed by atoms with Gasteiger partial charge in [-0.15, -0.1) is 0 Å². The van der Waals surface area contributed by atoms with E-state index in [4.69, 9.17) is 0 Å². The summed E-state index contributed by atoms with van der Waals surface area (Å²) in [6, 6.07) is 8.77. The van der Waals surface area contributed by atoms with E-state index in [1.54, 1.807) is 0 Å². The van der Waals surface area contributed by atoms with E-state index in [1.807, 2.05) is 37.5 Å². The van der Waals surface area contributed by atoms with Gasteiger partial charge in [-0.1, -0.05) is 18.2 Å².